The normalized spacial score (nSPS) is 21.7. The van der Waals surface area contributed by atoms with E-state index < -0.39 is 25.1 Å². The molecule has 0 aliphatic carbocycles. The molecule has 0 aromatic heterocycles. The largest absolute Gasteiger partial charge is 0.332 e. The molecule has 2 rings (SSSR count). The van der Waals surface area contributed by atoms with Crippen LogP contribution in [0.15, 0.2) is 34.1 Å². The lowest BCUT2D eigenvalue weighted by atomic mass is 10.3. The SMILES string of the molecule is CC1CCCN1S(=O)(=O)c1ccc(S(=O)(=O)F)cc1. The van der Waals surface area contributed by atoms with Gasteiger partial charge in [-0.15, -0.1) is 3.89 Å². The summed E-state index contributed by atoms with van der Waals surface area (Å²) in [6, 6.07) is 4.08. The van der Waals surface area contributed by atoms with Crippen LogP contribution in [0, 0.1) is 0 Å². The van der Waals surface area contributed by atoms with Crippen molar-refractivity contribution in [1.29, 1.82) is 0 Å². The Morgan fingerprint density at radius 2 is 1.63 bits per heavy atom. The molecule has 1 unspecified atom stereocenters. The summed E-state index contributed by atoms with van der Waals surface area (Å²) in [5.41, 5.74) is 0. The molecule has 1 aliphatic heterocycles. The highest BCUT2D eigenvalue weighted by Gasteiger charge is 2.32. The lowest BCUT2D eigenvalue weighted by Gasteiger charge is -2.20. The van der Waals surface area contributed by atoms with Crippen molar-refractivity contribution < 1.29 is 20.7 Å². The first kappa shape index (κ1) is 14.4. The second-order valence-electron chi connectivity index (χ2n) is 4.52. The molecule has 1 heterocycles. The fraction of sp³-hybridized carbons (Fsp3) is 0.455. The Morgan fingerprint density at radius 3 is 2.05 bits per heavy atom. The summed E-state index contributed by atoms with van der Waals surface area (Å²) in [5, 5.41) is 0. The van der Waals surface area contributed by atoms with E-state index in [1.165, 1.54) is 4.31 Å². The third-order valence-corrected chi connectivity index (χ3v) is 6.07. The van der Waals surface area contributed by atoms with Crippen molar-refractivity contribution in [1.82, 2.24) is 4.31 Å². The summed E-state index contributed by atoms with van der Waals surface area (Å²) in [6.45, 7) is 2.28. The Morgan fingerprint density at radius 1 is 1.11 bits per heavy atom. The minimum atomic E-state index is -4.80. The number of halogens is 1. The van der Waals surface area contributed by atoms with Crippen LogP contribution in [0.4, 0.5) is 3.89 Å². The van der Waals surface area contributed by atoms with Crippen LogP contribution < -0.4 is 0 Å². The number of hydrogen-bond acceptors (Lipinski definition) is 4. The van der Waals surface area contributed by atoms with Crippen molar-refractivity contribution in [3.63, 3.8) is 0 Å². The molecule has 1 saturated heterocycles. The zero-order valence-corrected chi connectivity index (χ0v) is 11.9. The maximum absolute atomic E-state index is 12.7. The quantitative estimate of drug-likeness (QED) is 0.794. The molecule has 1 aromatic rings. The standard InChI is InChI=1S/C11H14FNO4S2/c1-9-3-2-8-13(9)19(16,17)11-6-4-10(5-7-11)18(12,14)15/h4-7,9H,2-3,8H2,1H3. The van der Waals surface area contributed by atoms with Crippen molar-refractivity contribution in [3.05, 3.63) is 24.3 Å². The van der Waals surface area contributed by atoms with Crippen molar-refractivity contribution in [2.24, 2.45) is 0 Å². The van der Waals surface area contributed by atoms with Crippen molar-refractivity contribution in [2.75, 3.05) is 6.54 Å². The molecule has 19 heavy (non-hydrogen) atoms. The first-order chi connectivity index (χ1) is 8.73. The average Bonchev–Trinajstić information content (AvgIpc) is 2.75. The van der Waals surface area contributed by atoms with Crippen LogP contribution in [-0.4, -0.2) is 33.7 Å². The van der Waals surface area contributed by atoms with Gasteiger partial charge in [-0.05, 0) is 44.0 Å². The minimum absolute atomic E-state index is 0.0198. The van der Waals surface area contributed by atoms with E-state index in [1.54, 1.807) is 0 Å². The third-order valence-electron chi connectivity index (χ3n) is 3.20. The summed E-state index contributed by atoms with van der Waals surface area (Å²) in [5.74, 6) is 0. The molecular formula is C11H14FNO4S2. The number of nitrogens with zero attached hydrogens (tertiary/aromatic N) is 1. The van der Waals surface area contributed by atoms with E-state index in [4.69, 9.17) is 0 Å². The molecule has 1 atom stereocenters. The monoisotopic (exact) mass is 307 g/mol. The van der Waals surface area contributed by atoms with Gasteiger partial charge in [0.15, 0.2) is 0 Å². The maximum atomic E-state index is 12.7. The van der Waals surface area contributed by atoms with Gasteiger partial charge in [0.25, 0.3) is 0 Å². The zero-order chi connectivity index (χ0) is 14.3. The fourth-order valence-corrected chi connectivity index (χ4v) is 4.33. The molecule has 0 spiro atoms. The van der Waals surface area contributed by atoms with E-state index in [1.807, 2.05) is 6.92 Å². The highest BCUT2D eigenvalue weighted by Crippen LogP contribution is 2.26. The van der Waals surface area contributed by atoms with E-state index in [0.29, 0.717) is 6.54 Å². The van der Waals surface area contributed by atoms with Gasteiger partial charge in [0, 0.05) is 12.6 Å². The van der Waals surface area contributed by atoms with E-state index >= 15 is 0 Å². The van der Waals surface area contributed by atoms with E-state index in [2.05, 4.69) is 0 Å². The molecule has 1 aliphatic rings. The molecule has 106 valence electrons. The molecule has 0 bridgehead atoms. The summed E-state index contributed by atoms with van der Waals surface area (Å²) in [6.07, 6.45) is 1.60. The zero-order valence-electron chi connectivity index (χ0n) is 10.3. The molecule has 5 nitrogen and oxygen atoms in total. The summed E-state index contributed by atoms with van der Waals surface area (Å²) >= 11 is 0. The highest BCUT2D eigenvalue weighted by molar-refractivity contribution is 7.89. The first-order valence-corrected chi connectivity index (χ1v) is 8.62. The molecule has 0 N–H and O–H groups in total. The Bertz CT molecular complexity index is 667. The average molecular weight is 307 g/mol. The van der Waals surface area contributed by atoms with Gasteiger partial charge in [0.05, 0.1) is 9.79 Å². The van der Waals surface area contributed by atoms with Crippen LogP contribution in [-0.2, 0) is 20.2 Å². The van der Waals surface area contributed by atoms with Crippen molar-refractivity contribution in [2.45, 2.75) is 35.6 Å². The lowest BCUT2D eigenvalue weighted by Crippen LogP contribution is -2.33. The van der Waals surface area contributed by atoms with Crippen LogP contribution in [0.3, 0.4) is 0 Å². The smallest absolute Gasteiger partial charge is 0.207 e. The second-order valence-corrected chi connectivity index (χ2v) is 7.75. The molecule has 0 amide bonds. The van der Waals surface area contributed by atoms with Gasteiger partial charge in [-0.2, -0.15) is 12.7 Å². The Kier molecular flexibility index (Phi) is 3.67. The maximum Gasteiger partial charge on any atom is 0.332 e. The summed E-state index contributed by atoms with van der Waals surface area (Å²) in [7, 11) is -8.44. The molecule has 0 saturated carbocycles. The van der Waals surface area contributed by atoms with Gasteiger partial charge in [0.1, 0.15) is 0 Å². The van der Waals surface area contributed by atoms with Gasteiger partial charge in [-0.3, -0.25) is 0 Å². The van der Waals surface area contributed by atoms with Gasteiger partial charge in [-0.1, -0.05) is 0 Å². The number of sulfonamides is 1. The topological polar surface area (TPSA) is 71.5 Å². The van der Waals surface area contributed by atoms with Gasteiger partial charge in [0.2, 0.25) is 10.0 Å². The number of rotatable bonds is 3. The van der Waals surface area contributed by atoms with Crippen LogP contribution in [0.5, 0.6) is 0 Å². The number of hydrogen-bond donors (Lipinski definition) is 0. The first-order valence-electron chi connectivity index (χ1n) is 5.79. The second kappa shape index (κ2) is 4.84. The molecule has 1 fully saturated rings. The Hall–Kier alpha value is -0.990. The predicted octanol–water partition coefficient (Wildman–Crippen LogP) is 1.52. The van der Waals surface area contributed by atoms with Crippen LogP contribution >= 0.6 is 0 Å². The van der Waals surface area contributed by atoms with E-state index in [9.17, 15) is 20.7 Å². The summed E-state index contributed by atoms with van der Waals surface area (Å²) < 4.78 is 60.0. The lowest BCUT2D eigenvalue weighted by molar-refractivity contribution is 0.408. The van der Waals surface area contributed by atoms with Crippen LogP contribution in [0.1, 0.15) is 19.8 Å². The summed E-state index contributed by atoms with van der Waals surface area (Å²) in [4.78, 5) is -0.561. The third kappa shape index (κ3) is 2.80. The Labute approximate surface area is 112 Å². The fourth-order valence-electron chi connectivity index (χ4n) is 2.17. The minimum Gasteiger partial charge on any atom is -0.207 e. The van der Waals surface area contributed by atoms with Crippen molar-refractivity contribution in [3.8, 4) is 0 Å². The van der Waals surface area contributed by atoms with Crippen molar-refractivity contribution >= 4 is 20.2 Å². The van der Waals surface area contributed by atoms with E-state index in [-0.39, 0.29) is 10.9 Å². The molecule has 1 aromatic carbocycles. The van der Waals surface area contributed by atoms with E-state index in [0.717, 1.165) is 37.1 Å². The number of benzene rings is 1. The van der Waals surface area contributed by atoms with Gasteiger partial charge in [-0.25, -0.2) is 8.42 Å². The van der Waals surface area contributed by atoms with Gasteiger partial charge >= 0.3 is 10.2 Å². The van der Waals surface area contributed by atoms with Crippen LogP contribution in [0.25, 0.3) is 0 Å². The van der Waals surface area contributed by atoms with Crippen LogP contribution in [0.2, 0.25) is 0 Å². The molecule has 8 heteroatoms. The highest BCUT2D eigenvalue weighted by atomic mass is 32.3. The predicted molar refractivity (Wildman–Crippen MR) is 67.3 cm³/mol. The Balaban J connectivity index is 2.37. The molecule has 0 radical (unpaired) electrons. The van der Waals surface area contributed by atoms with Gasteiger partial charge < -0.3 is 0 Å². The molecular weight excluding hydrogens is 293 g/mol.